The van der Waals surface area contributed by atoms with Crippen molar-refractivity contribution >= 4 is 29.3 Å². The number of hydrogen-bond donors (Lipinski definition) is 4. The van der Waals surface area contributed by atoms with Crippen LogP contribution in [0.3, 0.4) is 0 Å². The minimum absolute atomic E-state index is 0.0608. The van der Waals surface area contributed by atoms with Gasteiger partial charge in [-0.05, 0) is 74.0 Å². The molecule has 12 heteroatoms. The molecule has 0 bridgehead atoms. The fourth-order valence-corrected chi connectivity index (χ4v) is 4.08. The van der Waals surface area contributed by atoms with Crippen LogP contribution in [-0.2, 0) is 22.2 Å². The quantitative estimate of drug-likeness (QED) is 0.313. The molecule has 36 heavy (non-hydrogen) atoms. The van der Waals surface area contributed by atoms with Gasteiger partial charge >= 0.3 is 6.18 Å². The van der Waals surface area contributed by atoms with E-state index in [1.54, 1.807) is 24.3 Å². The highest BCUT2D eigenvalue weighted by Gasteiger charge is 2.41. The highest BCUT2D eigenvalue weighted by atomic mass is 35.5. The maximum absolute atomic E-state index is 13.6. The minimum Gasteiger partial charge on any atom is -0.352 e. The topological polar surface area (TPSA) is 99.3 Å². The molecule has 0 spiro atoms. The van der Waals surface area contributed by atoms with Crippen LogP contribution in [0.25, 0.3) is 0 Å². The number of hydrogen-bond acceptors (Lipinski definition) is 4. The van der Waals surface area contributed by atoms with E-state index in [1.807, 2.05) is 0 Å². The first-order chi connectivity index (χ1) is 17.0. The lowest BCUT2D eigenvalue weighted by Crippen LogP contribution is -2.63. The van der Waals surface area contributed by atoms with Crippen molar-refractivity contribution < 1.29 is 31.9 Å². The van der Waals surface area contributed by atoms with Crippen LogP contribution < -0.4 is 21.3 Å². The summed E-state index contributed by atoms with van der Waals surface area (Å²) in [5.41, 5.74) is -2.59. The molecule has 0 aromatic heterocycles. The van der Waals surface area contributed by atoms with Crippen molar-refractivity contribution in [3.05, 3.63) is 70.0 Å². The first kappa shape index (κ1) is 27.4. The molecule has 7 nitrogen and oxygen atoms in total. The van der Waals surface area contributed by atoms with E-state index >= 15 is 0 Å². The number of nitrogens with one attached hydrogen (secondary N) is 4. The minimum atomic E-state index is -4.76. The number of halogens is 5. The van der Waals surface area contributed by atoms with Crippen LogP contribution in [0.2, 0.25) is 5.02 Å². The molecule has 1 aliphatic rings. The first-order valence-electron chi connectivity index (χ1n) is 11.2. The van der Waals surface area contributed by atoms with Gasteiger partial charge in [0.15, 0.2) is 0 Å². The fourth-order valence-electron chi connectivity index (χ4n) is 3.96. The predicted octanol–water partition coefficient (Wildman–Crippen LogP) is 2.83. The van der Waals surface area contributed by atoms with E-state index in [0.29, 0.717) is 41.9 Å². The van der Waals surface area contributed by atoms with Gasteiger partial charge in [-0.25, -0.2) is 4.39 Å². The van der Waals surface area contributed by atoms with E-state index in [4.69, 9.17) is 11.6 Å². The van der Waals surface area contributed by atoms with Crippen molar-refractivity contribution in [2.75, 3.05) is 26.2 Å². The molecule has 194 valence electrons. The molecule has 1 saturated heterocycles. The third-order valence-corrected chi connectivity index (χ3v) is 6.05. The number of piperidine rings is 1. The van der Waals surface area contributed by atoms with E-state index in [2.05, 4.69) is 21.3 Å². The van der Waals surface area contributed by atoms with Crippen molar-refractivity contribution in [3.63, 3.8) is 0 Å². The van der Waals surface area contributed by atoms with Gasteiger partial charge in [0.2, 0.25) is 11.8 Å². The Morgan fingerprint density at radius 3 is 2.25 bits per heavy atom. The Morgan fingerprint density at radius 2 is 1.61 bits per heavy atom. The molecule has 3 rings (SSSR count). The highest BCUT2D eigenvalue weighted by Crippen LogP contribution is 2.32. The number of alkyl halides is 3. The van der Waals surface area contributed by atoms with Gasteiger partial charge in [0.25, 0.3) is 5.91 Å². The van der Waals surface area contributed by atoms with Crippen LogP contribution in [0, 0.1) is 5.82 Å². The average Bonchev–Trinajstić information content (AvgIpc) is 2.81. The van der Waals surface area contributed by atoms with Crippen LogP contribution in [0.5, 0.6) is 0 Å². The lowest BCUT2D eigenvalue weighted by Gasteiger charge is -2.37. The maximum Gasteiger partial charge on any atom is 0.416 e. The van der Waals surface area contributed by atoms with Gasteiger partial charge in [0.1, 0.15) is 11.4 Å². The van der Waals surface area contributed by atoms with Gasteiger partial charge in [0, 0.05) is 23.7 Å². The number of carbonyl (C=O) groups is 3. The van der Waals surface area contributed by atoms with Crippen LogP contribution in [-0.4, -0.2) is 49.4 Å². The predicted molar refractivity (Wildman–Crippen MR) is 125 cm³/mol. The van der Waals surface area contributed by atoms with Gasteiger partial charge in [-0.1, -0.05) is 11.6 Å². The summed E-state index contributed by atoms with van der Waals surface area (Å²) in [7, 11) is 0. The number of benzene rings is 2. The Labute approximate surface area is 210 Å². The Balaban J connectivity index is 1.61. The molecule has 2 aromatic rings. The summed E-state index contributed by atoms with van der Waals surface area (Å²) < 4.78 is 53.5. The van der Waals surface area contributed by atoms with E-state index < -0.39 is 46.9 Å². The van der Waals surface area contributed by atoms with E-state index in [9.17, 15) is 31.9 Å². The van der Waals surface area contributed by atoms with Crippen LogP contribution >= 0.6 is 11.6 Å². The molecule has 1 heterocycles. The van der Waals surface area contributed by atoms with Gasteiger partial charge < -0.3 is 21.3 Å². The summed E-state index contributed by atoms with van der Waals surface area (Å²) in [6.07, 6.45) is -5.09. The third kappa shape index (κ3) is 7.17. The van der Waals surface area contributed by atoms with Gasteiger partial charge in [-0.3, -0.25) is 14.4 Å². The standard InChI is InChI=1S/C24H25ClF4N4O3/c25-17-3-1-15(2-4-17)21(35)31-11-12-32-22(36)23(7-9-30-10-8-23)33-20(34)14-16-13-18(26)5-6-19(16)24(27,28)29/h1-6,13,30H,7-12,14H2,(H,31,35)(H,32,36)(H,33,34). The Kier molecular flexibility index (Phi) is 8.91. The lowest BCUT2D eigenvalue weighted by molar-refractivity contribution is -0.139. The van der Waals surface area contributed by atoms with Gasteiger partial charge in [-0.15, -0.1) is 0 Å². The summed E-state index contributed by atoms with van der Waals surface area (Å²) in [6, 6.07) is 8.19. The Morgan fingerprint density at radius 1 is 0.972 bits per heavy atom. The van der Waals surface area contributed by atoms with Crippen molar-refractivity contribution in [2.24, 2.45) is 0 Å². The van der Waals surface area contributed by atoms with Crippen LogP contribution in [0.4, 0.5) is 17.6 Å². The SMILES string of the molecule is O=C(Cc1cc(F)ccc1C(F)(F)F)NC1(C(=O)NCCNC(=O)c2ccc(Cl)cc2)CCNCC1. The fraction of sp³-hybridized carbons (Fsp3) is 0.375. The molecular formula is C24H25ClF4N4O3. The molecule has 1 aliphatic heterocycles. The molecule has 0 atom stereocenters. The largest absolute Gasteiger partial charge is 0.416 e. The molecule has 0 radical (unpaired) electrons. The Bertz CT molecular complexity index is 1100. The zero-order valence-electron chi connectivity index (χ0n) is 19.1. The molecule has 1 fully saturated rings. The molecule has 0 aliphatic carbocycles. The molecular weight excluding hydrogens is 504 g/mol. The zero-order valence-corrected chi connectivity index (χ0v) is 19.9. The lowest BCUT2D eigenvalue weighted by atomic mass is 9.86. The average molecular weight is 529 g/mol. The molecule has 0 unspecified atom stereocenters. The highest BCUT2D eigenvalue weighted by molar-refractivity contribution is 6.30. The number of carbonyl (C=O) groups excluding carboxylic acids is 3. The summed E-state index contributed by atoms with van der Waals surface area (Å²) in [4.78, 5) is 37.9. The third-order valence-electron chi connectivity index (χ3n) is 5.80. The summed E-state index contributed by atoms with van der Waals surface area (Å²) >= 11 is 5.80. The second-order valence-corrected chi connectivity index (χ2v) is 8.81. The number of amides is 3. The smallest absolute Gasteiger partial charge is 0.352 e. The van der Waals surface area contributed by atoms with E-state index in [0.717, 1.165) is 0 Å². The molecule has 4 N–H and O–H groups in total. The second kappa shape index (κ2) is 11.7. The van der Waals surface area contributed by atoms with E-state index in [-0.39, 0.29) is 31.8 Å². The summed E-state index contributed by atoms with van der Waals surface area (Å²) in [5.74, 6) is -2.62. The van der Waals surface area contributed by atoms with Crippen molar-refractivity contribution in [2.45, 2.75) is 31.0 Å². The Hall–Kier alpha value is -3.18. The maximum atomic E-state index is 13.6. The summed E-state index contributed by atoms with van der Waals surface area (Å²) in [6.45, 7) is 0.961. The number of rotatable bonds is 8. The van der Waals surface area contributed by atoms with Crippen LogP contribution in [0.15, 0.2) is 42.5 Å². The zero-order chi connectivity index (χ0) is 26.3. The first-order valence-corrected chi connectivity index (χ1v) is 11.6. The summed E-state index contributed by atoms with van der Waals surface area (Å²) in [5, 5.41) is 11.4. The van der Waals surface area contributed by atoms with Gasteiger partial charge in [0.05, 0.1) is 12.0 Å². The normalized spacial score (nSPS) is 15.1. The van der Waals surface area contributed by atoms with Crippen molar-refractivity contribution in [1.29, 1.82) is 0 Å². The molecule has 3 amide bonds. The molecule has 0 saturated carbocycles. The molecule has 2 aromatic carbocycles. The second-order valence-electron chi connectivity index (χ2n) is 8.37. The van der Waals surface area contributed by atoms with Crippen LogP contribution in [0.1, 0.15) is 34.3 Å². The van der Waals surface area contributed by atoms with Crippen molar-refractivity contribution in [1.82, 2.24) is 21.3 Å². The van der Waals surface area contributed by atoms with Gasteiger partial charge in [-0.2, -0.15) is 13.2 Å². The monoisotopic (exact) mass is 528 g/mol. The van der Waals surface area contributed by atoms with Crippen molar-refractivity contribution in [3.8, 4) is 0 Å². The van der Waals surface area contributed by atoms with E-state index in [1.165, 1.54) is 0 Å².